The van der Waals surface area contributed by atoms with Gasteiger partial charge in [0, 0.05) is 18.4 Å². The molecule has 0 amide bonds. The van der Waals surface area contributed by atoms with Gasteiger partial charge in [0.2, 0.25) is 0 Å². The van der Waals surface area contributed by atoms with Gasteiger partial charge in [-0.3, -0.25) is 14.7 Å². The first-order valence-corrected chi connectivity index (χ1v) is 9.52. The molecule has 1 N–H and O–H groups in total. The topological polar surface area (TPSA) is 58.1 Å². The molecule has 2 aromatic heterocycles. The van der Waals surface area contributed by atoms with E-state index >= 15 is 0 Å². The van der Waals surface area contributed by atoms with Crippen LogP contribution in [0.25, 0.3) is 11.0 Å². The first-order chi connectivity index (χ1) is 13.1. The van der Waals surface area contributed by atoms with E-state index in [0.29, 0.717) is 27.4 Å². The lowest BCUT2D eigenvalue weighted by Gasteiger charge is -2.16. The fourth-order valence-electron chi connectivity index (χ4n) is 3.47. The van der Waals surface area contributed by atoms with Gasteiger partial charge in [-0.1, -0.05) is 23.7 Å². The molecule has 138 valence electrons. The van der Waals surface area contributed by atoms with Gasteiger partial charge in [-0.05, 0) is 62.7 Å². The lowest BCUT2D eigenvalue weighted by molar-refractivity contribution is 0.101. The van der Waals surface area contributed by atoms with Gasteiger partial charge in [-0.25, -0.2) is 4.98 Å². The van der Waals surface area contributed by atoms with Crippen LogP contribution in [0.5, 0.6) is 0 Å². The number of benzene rings is 1. The molecule has 3 aromatic rings. The lowest BCUT2D eigenvalue weighted by Crippen LogP contribution is -2.18. The van der Waals surface area contributed by atoms with Crippen molar-refractivity contribution >= 4 is 39.8 Å². The molecule has 1 saturated heterocycles. The number of rotatable bonds is 5. The van der Waals surface area contributed by atoms with Crippen molar-refractivity contribution in [2.24, 2.45) is 0 Å². The summed E-state index contributed by atoms with van der Waals surface area (Å²) in [7, 11) is 0. The molecule has 0 bridgehead atoms. The van der Waals surface area contributed by atoms with Crippen molar-refractivity contribution in [2.45, 2.75) is 26.3 Å². The molecule has 1 fully saturated rings. The summed E-state index contributed by atoms with van der Waals surface area (Å²) >= 11 is 6.07. The summed E-state index contributed by atoms with van der Waals surface area (Å²) in [6.45, 7) is 4.86. The van der Waals surface area contributed by atoms with E-state index in [9.17, 15) is 4.79 Å². The summed E-state index contributed by atoms with van der Waals surface area (Å²) in [5.41, 5.74) is 4.61. The van der Waals surface area contributed by atoms with E-state index < -0.39 is 0 Å². The average Bonchev–Trinajstić information content (AvgIpc) is 3.16. The summed E-state index contributed by atoms with van der Waals surface area (Å²) in [6, 6.07) is 11.8. The van der Waals surface area contributed by atoms with Gasteiger partial charge in [0.25, 0.3) is 0 Å². The van der Waals surface area contributed by atoms with Crippen molar-refractivity contribution in [3.8, 4) is 0 Å². The molecular weight excluding hydrogens is 360 g/mol. The zero-order chi connectivity index (χ0) is 18.8. The number of pyridine rings is 2. The quantitative estimate of drug-likeness (QED) is 0.507. The minimum atomic E-state index is -0.0701. The van der Waals surface area contributed by atoms with Crippen LogP contribution in [0.3, 0.4) is 0 Å². The maximum atomic E-state index is 12.1. The Balaban J connectivity index is 1.64. The van der Waals surface area contributed by atoms with Crippen molar-refractivity contribution < 1.29 is 4.79 Å². The Morgan fingerprint density at radius 3 is 2.59 bits per heavy atom. The van der Waals surface area contributed by atoms with E-state index in [1.165, 1.54) is 38.4 Å². The van der Waals surface area contributed by atoms with E-state index in [1.54, 1.807) is 18.3 Å². The molecule has 3 heterocycles. The lowest BCUT2D eigenvalue weighted by atomic mass is 10.1. The zero-order valence-corrected chi connectivity index (χ0v) is 16.0. The minimum Gasteiger partial charge on any atom is -0.353 e. The van der Waals surface area contributed by atoms with Gasteiger partial charge >= 0.3 is 0 Å². The molecular formula is C21H21ClN4O. The third-order valence-electron chi connectivity index (χ3n) is 4.89. The molecule has 0 spiro atoms. The maximum absolute atomic E-state index is 12.1. The second-order valence-corrected chi connectivity index (χ2v) is 7.30. The van der Waals surface area contributed by atoms with Crippen LogP contribution < -0.4 is 5.32 Å². The maximum Gasteiger partial charge on any atom is 0.163 e. The first-order valence-electron chi connectivity index (χ1n) is 9.15. The van der Waals surface area contributed by atoms with Crippen molar-refractivity contribution in [3.63, 3.8) is 0 Å². The Morgan fingerprint density at radius 1 is 1.15 bits per heavy atom. The number of carbonyl (C=O) groups is 1. The Morgan fingerprint density at radius 2 is 1.89 bits per heavy atom. The van der Waals surface area contributed by atoms with Crippen molar-refractivity contribution in [1.29, 1.82) is 0 Å². The molecule has 0 atom stereocenters. The molecule has 1 aliphatic heterocycles. The number of hydrogen-bond donors (Lipinski definition) is 1. The molecule has 27 heavy (non-hydrogen) atoms. The second kappa shape index (κ2) is 7.62. The van der Waals surface area contributed by atoms with Crippen LogP contribution in [0.1, 0.15) is 35.7 Å². The van der Waals surface area contributed by atoms with Crippen molar-refractivity contribution in [3.05, 3.63) is 58.9 Å². The normalized spacial score (nSPS) is 14.6. The monoisotopic (exact) mass is 380 g/mol. The highest BCUT2D eigenvalue weighted by atomic mass is 35.5. The highest BCUT2D eigenvalue weighted by Gasteiger charge is 2.15. The SMILES string of the molecule is CC(=O)c1cnc2ccc(Cl)nc2c1Nc1ccc(CN2CCCC2)cc1. The minimum absolute atomic E-state index is 0.0701. The number of halogens is 1. The number of nitrogens with one attached hydrogen (secondary N) is 1. The summed E-state index contributed by atoms with van der Waals surface area (Å²) in [6.07, 6.45) is 4.17. The summed E-state index contributed by atoms with van der Waals surface area (Å²) < 4.78 is 0. The van der Waals surface area contributed by atoms with Crippen LogP contribution in [0.2, 0.25) is 5.15 Å². The number of hydrogen-bond acceptors (Lipinski definition) is 5. The number of nitrogens with zero attached hydrogens (tertiary/aromatic N) is 3. The van der Waals surface area contributed by atoms with E-state index in [0.717, 1.165) is 12.2 Å². The summed E-state index contributed by atoms with van der Waals surface area (Å²) in [5, 5.41) is 3.72. The largest absolute Gasteiger partial charge is 0.353 e. The molecule has 5 nitrogen and oxygen atoms in total. The number of ketones is 1. The van der Waals surface area contributed by atoms with Gasteiger partial charge in [-0.2, -0.15) is 0 Å². The summed E-state index contributed by atoms with van der Waals surface area (Å²) in [4.78, 5) is 23.3. The Hall–Kier alpha value is -2.50. The number of carbonyl (C=O) groups excluding carboxylic acids is 1. The predicted octanol–water partition coefficient (Wildman–Crippen LogP) is 4.83. The zero-order valence-electron chi connectivity index (χ0n) is 15.2. The number of anilines is 2. The number of aromatic nitrogens is 2. The molecule has 0 aliphatic carbocycles. The molecule has 0 radical (unpaired) electrons. The van der Waals surface area contributed by atoms with Crippen LogP contribution in [0.15, 0.2) is 42.6 Å². The molecule has 1 aromatic carbocycles. The smallest absolute Gasteiger partial charge is 0.163 e. The highest BCUT2D eigenvalue weighted by Crippen LogP contribution is 2.29. The van der Waals surface area contributed by atoms with Crippen LogP contribution in [-0.2, 0) is 6.54 Å². The molecule has 0 unspecified atom stereocenters. The molecule has 1 aliphatic rings. The number of fused-ring (bicyclic) bond motifs is 1. The number of Topliss-reactive ketones (excluding diaryl/α,β-unsaturated/α-hetero) is 1. The Kier molecular flexibility index (Phi) is 5.05. The Labute approximate surface area is 163 Å². The molecule has 0 saturated carbocycles. The van der Waals surface area contributed by atoms with Gasteiger partial charge < -0.3 is 5.32 Å². The van der Waals surface area contributed by atoms with Crippen molar-refractivity contribution in [2.75, 3.05) is 18.4 Å². The standard InChI is InChI=1S/C21H21ClN4O/c1-14(27)17-12-23-18-8-9-19(22)25-21(18)20(17)24-16-6-4-15(5-7-16)13-26-10-2-3-11-26/h4-9,12H,2-3,10-11,13H2,1H3,(H,23,24). The fourth-order valence-corrected chi connectivity index (χ4v) is 3.62. The van der Waals surface area contributed by atoms with E-state index in [2.05, 4.69) is 32.3 Å². The first kappa shape index (κ1) is 17.9. The Bertz CT molecular complexity index is 981. The predicted molar refractivity (Wildman–Crippen MR) is 109 cm³/mol. The fraction of sp³-hybridized carbons (Fsp3) is 0.286. The molecule has 6 heteroatoms. The highest BCUT2D eigenvalue weighted by molar-refractivity contribution is 6.30. The summed E-state index contributed by atoms with van der Waals surface area (Å²) in [5.74, 6) is -0.0701. The van der Waals surface area contributed by atoms with Gasteiger partial charge in [0.15, 0.2) is 5.78 Å². The second-order valence-electron chi connectivity index (χ2n) is 6.91. The van der Waals surface area contributed by atoms with Crippen LogP contribution in [-0.4, -0.2) is 33.7 Å². The van der Waals surface area contributed by atoms with Gasteiger partial charge in [0.1, 0.15) is 10.7 Å². The van der Waals surface area contributed by atoms with Gasteiger partial charge in [-0.15, -0.1) is 0 Å². The van der Waals surface area contributed by atoms with E-state index in [1.807, 2.05) is 12.1 Å². The van der Waals surface area contributed by atoms with Crippen LogP contribution in [0.4, 0.5) is 11.4 Å². The van der Waals surface area contributed by atoms with Gasteiger partial charge in [0.05, 0.1) is 16.8 Å². The van der Waals surface area contributed by atoms with E-state index in [4.69, 9.17) is 11.6 Å². The third kappa shape index (κ3) is 3.94. The number of likely N-dealkylation sites (tertiary alicyclic amines) is 1. The average molecular weight is 381 g/mol. The van der Waals surface area contributed by atoms with Crippen LogP contribution >= 0.6 is 11.6 Å². The van der Waals surface area contributed by atoms with Crippen LogP contribution in [0, 0.1) is 0 Å². The molecule has 4 rings (SSSR count). The van der Waals surface area contributed by atoms with Crippen molar-refractivity contribution in [1.82, 2.24) is 14.9 Å². The van der Waals surface area contributed by atoms with E-state index in [-0.39, 0.29) is 5.78 Å². The third-order valence-corrected chi connectivity index (χ3v) is 5.10.